The molecule has 0 aromatic carbocycles. The van der Waals surface area contributed by atoms with Gasteiger partial charge in [0.1, 0.15) is 5.76 Å². The molecule has 2 heterocycles. The van der Waals surface area contributed by atoms with E-state index in [1.807, 2.05) is 13.8 Å². The van der Waals surface area contributed by atoms with Gasteiger partial charge in [-0.25, -0.2) is 9.78 Å². The maximum atomic E-state index is 11.0. The molecule has 90 valence electrons. The van der Waals surface area contributed by atoms with Crippen molar-refractivity contribution in [1.82, 2.24) is 4.98 Å². The van der Waals surface area contributed by atoms with Gasteiger partial charge in [0, 0.05) is 6.42 Å². The summed E-state index contributed by atoms with van der Waals surface area (Å²) >= 11 is 0. The lowest BCUT2D eigenvalue weighted by atomic mass is 10.2. The van der Waals surface area contributed by atoms with Gasteiger partial charge in [-0.2, -0.15) is 0 Å². The van der Waals surface area contributed by atoms with Gasteiger partial charge >= 0.3 is 5.97 Å². The van der Waals surface area contributed by atoms with Crippen LogP contribution in [-0.4, -0.2) is 16.1 Å². The van der Waals surface area contributed by atoms with E-state index in [0.717, 1.165) is 11.3 Å². The Morgan fingerprint density at radius 3 is 2.71 bits per heavy atom. The van der Waals surface area contributed by atoms with Crippen LogP contribution in [0.5, 0.6) is 0 Å². The summed E-state index contributed by atoms with van der Waals surface area (Å²) < 4.78 is 10.5. The van der Waals surface area contributed by atoms with Gasteiger partial charge in [0.25, 0.3) is 0 Å². The quantitative estimate of drug-likeness (QED) is 0.881. The van der Waals surface area contributed by atoms with E-state index in [0.29, 0.717) is 24.4 Å². The number of aryl methyl sites for hydroxylation is 2. The van der Waals surface area contributed by atoms with E-state index in [-0.39, 0.29) is 5.76 Å². The molecule has 0 bridgehead atoms. The fourth-order valence-corrected chi connectivity index (χ4v) is 1.68. The summed E-state index contributed by atoms with van der Waals surface area (Å²) in [6.07, 6.45) is 2.77. The number of carboxylic acid groups (broad SMARTS) is 1. The molecule has 0 saturated carbocycles. The summed E-state index contributed by atoms with van der Waals surface area (Å²) in [4.78, 5) is 15.2. The van der Waals surface area contributed by atoms with E-state index < -0.39 is 5.97 Å². The summed E-state index contributed by atoms with van der Waals surface area (Å²) in [5, 5.41) is 8.98. The van der Waals surface area contributed by atoms with Gasteiger partial charge in [-0.15, -0.1) is 0 Å². The fourth-order valence-electron chi connectivity index (χ4n) is 1.68. The lowest BCUT2D eigenvalue weighted by Gasteiger charge is -1.93. The number of aromatic nitrogens is 1. The van der Waals surface area contributed by atoms with Crippen LogP contribution in [0, 0.1) is 0 Å². The molecule has 5 nitrogen and oxygen atoms in total. The molecule has 2 aromatic rings. The number of carboxylic acids is 1. The van der Waals surface area contributed by atoms with Crippen LogP contribution in [0.2, 0.25) is 0 Å². The number of rotatable bonds is 4. The van der Waals surface area contributed by atoms with Crippen LogP contribution in [0.15, 0.2) is 21.2 Å². The molecule has 0 saturated heterocycles. The lowest BCUT2D eigenvalue weighted by molar-refractivity contribution is 0.0662. The van der Waals surface area contributed by atoms with Crippen LogP contribution >= 0.6 is 0 Å². The number of aromatic carboxylic acids is 1. The van der Waals surface area contributed by atoms with Crippen molar-refractivity contribution in [3.8, 4) is 11.5 Å². The highest BCUT2D eigenvalue weighted by Gasteiger charge is 2.21. The molecule has 0 aliphatic rings. The van der Waals surface area contributed by atoms with E-state index in [1.54, 1.807) is 12.3 Å². The maximum Gasteiger partial charge on any atom is 0.373 e. The summed E-state index contributed by atoms with van der Waals surface area (Å²) in [6, 6.07) is 1.73. The Bertz CT molecular complexity index is 538. The Morgan fingerprint density at radius 1 is 1.41 bits per heavy atom. The fraction of sp³-hybridized carbons (Fsp3) is 0.333. The Labute approximate surface area is 98.1 Å². The van der Waals surface area contributed by atoms with Crippen LogP contribution in [-0.2, 0) is 12.8 Å². The molecule has 0 fully saturated rings. The zero-order valence-electron chi connectivity index (χ0n) is 9.69. The number of furan rings is 1. The summed E-state index contributed by atoms with van der Waals surface area (Å²) in [6.45, 7) is 3.79. The summed E-state index contributed by atoms with van der Waals surface area (Å²) in [7, 11) is 0. The third-order valence-corrected chi connectivity index (χ3v) is 2.52. The Hall–Kier alpha value is -2.04. The molecule has 0 amide bonds. The average molecular weight is 235 g/mol. The van der Waals surface area contributed by atoms with E-state index >= 15 is 0 Å². The molecule has 5 heteroatoms. The van der Waals surface area contributed by atoms with E-state index in [2.05, 4.69) is 4.98 Å². The molecule has 1 N–H and O–H groups in total. The molecular formula is C12H13NO4. The molecule has 2 rings (SSSR count). The Kier molecular flexibility index (Phi) is 2.99. The van der Waals surface area contributed by atoms with Gasteiger partial charge in [-0.05, 0) is 12.5 Å². The zero-order chi connectivity index (χ0) is 12.4. The van der Waals surface area contributed by atoms with Crippen molar-refractivity contribution in [2.75, 3.05) is 0 Å². The van der Waals surface area contributed by atoms with Crippen molar-refractivity contribution in [3.63, 3.8) is 0 Å². The third-order valence-electron chi connectivity index (χ3n) is 2.52. The van der Waals surface area contributed by atoms with E-state index in [9.17, 15) is 4.79 Å². The number of nitrogens with zero attached hydrogens (tertiary/aromatic N) is 1. The van der Waals surface area contributed by atoms with Gasteiger partial charge in [-0.1, -0.05) is 13.8 Å². The number of carbonyl (C=O) groups is 1. The van der Waals surface area contributed by atoms with Crippen LogP contribution in [0.3, 0.4) is 0 Å². The van der Waals surface area contributed by atoms with Crippen LogP contribution in [0.4, 0.5) is 0 Å². The smallest absolute Gasteiger partial charge is 0.373 e. The normalized spacial score (nSPS) is 10.7. The minimum atomic E-state index is -1.10. The van der Waals surface area contributed by atoms with Gasteiger partial charge in [0.05, 0.1) is 17.5 Å². The van der Waals surface area contributed by atoms with Crippen LogP contribution in [0.1, 0.15) is 35.9 Å². The van der Waals surface area contributed by atoms with E-state index in [4.69, 9.17) is 13.9 Å². The molecule has 0 aliphatic heterocycles. The largest absolute Gasteiger partial charge is 0.475 e. The number of oxazole rings is 1. The minimum Gasteiger partial charge on any atom is -0.475 e. The first-order valence-electron chi connectivity index (χ1n) is 5.47. The van der Waals surface area contributed by atoms with Crippen molar-refractivity contribution in [1.29, 1.82) is 0 Å². The van der Waals surface area contributed by atoms with Crippen molar-refractivity contribution in [2.24, 2.45) is 0 Å². The highest BCUT2D eigenvalue weighted by atomic mass is 16.4. The molecular weight excluding hydrogens is 222 g/mol. The maximum absolute atomic E-state index is 11.0. The molecule has 2 aromatic heterocycles. The number of hydrogen-bond donors (Lipinski definition) is 1. The number of hydrogen-bond acceptors (Lipinski definition) is 4. The highest BCUT2D eigenvalue weighted by Crippen LogP contribution is 2.27. The van der Waals surface area contributed by atoms with Gasteiger partial charge in [0.2, 0.25) is 11.7 Å². The molecule has 17 heavy (non-hydrogen) atoms. The second-order valence-electron chi connectivity index (χ2n) is 3.56. The van der Waals surface area contributed by atoms with Gasteiger partial charge < -0.3 is 13.9 Å². The van der Waals surface area contributed by atoms with Crippen molar-refractivity contribution >= 4 is 5.97 Å². The second kappa shape index (κ2) is 4.45. The first-order chi connectivity index (χ1) is 8.17. The predicted molar refractivity (Wildman–Crippen MR) is 59.9 cm³/mol. The summed E-state index contributed by atoms with van der Waals surface area (Å²) in [5.74, 6) is -0.136. The van der Waals surface area contributed by atoms with Crippen molar-refractivity contribution in [3.05, 3.63) is 29.5 Å². The summed E-state index contributed by atoms with van der Waals surface area (Å²) in [5.41, 5.74) is 1.17. The molecule has 0 unspecified atom stereocenters. The topological polar surface area (TPSA) is 76.5 Å². The molecule has 0 aliphatic carbocycles. The Balaban J connectivity index is 2.50. The minimum absolute atomic E-state index is 0.0919. The van der Waals surface area contributed by atoms with Crippen LogP contribution in [0.25, 0.3) is 11.5 Å². The van der Waals surface area contributed by atoms with Gasteiger partial charge in [0.15, 0.2) is 0 Å². The third kappa shape index (κ3) is 1.95. The van der Waals surface area contributed by atoms with Gasteiger partial charge in [-0.3, -0.25) is 0 Å². The van der Waals surface area contributed by atoms with Crippen LogP contribution < -0.4 is 0 Å². The van der Waals surface area contributed by atoms with Crippen molar-refractivity contribution in [2.45, 2.75) is 26.7 Å². The molecule has 0 atom stereocenters. The Morgan fingerprint density at radius 2 is 2.18 bits per heavy atom. The molecule has 0 spiro atoms. The highest BCUT2D eigenvalue weighted by molar-refractivity contribution is 5.86. The molecule has 0 radical (unpaired) electrons. The standard InChI is InChI=1S/C12H13NO4/c1-3-8-10(12(14)15)17-11(13-8)7-5-6-16-9(7)4-2/h5-6H,3-4H2,1-2H3,(H,14,15). The first-order valence-corrected chi connectivity index (χ1v) is 5.47. The SMILES string of the molecule is CCc1nc(-c2ccoc2CC)oc1C(=O)O. The zero-order valence-corrected chi connectivity index (χ0v) is 9.69. The second-order valence-corrected chi connectivity index (χ2v) is 3.56. The predicted octanol–water partition coefficient (Wildman–Crippen LogP) is 2.76. The average Bonchev–Trinajstić information content (AvgIpc) is 2.94. The van der Waals surface area contributed by atoms with E-state index in [1.165, 1.54) is 0 Å². The lowest BCUT2D eigenvalue weighted by Crippen LogP contribution is -1.98. The first kappa shape index (κ1) is 11.4. The van der Waals surface area contributed by atoms with Crippen molar-refractivity contribution < 1.29 is 18.7 Å². The monoisotopic (exact) mass is 235 g/mol.